The molecular weight excluding hydrogens is 334 g/mol. The van der Waals surface area contributed by atoms with Crippen molar-refractivity contribution in [2.24, 2.45) is 0 Å². The average Bonchev–Trinajstić information content (AvgIpc) is 2.65. The van der Waals surface area contributed by atoms with Crippen molar-refractivity contribution in [1.29, 1.82) is 0 Å². The van der Waals surface area contributed by atoms with E-state index in [9.17, 15) is 9.59 Å². The fraction of sp³-hybridized carbons (Fsp3) is 0.200. The number of rotatable bonds is 6. The quantitative estimate of drug-likeness (QED) is 0.633. The molecule has 2 rings (SSSR count). The number of esters is 1. The molecule has 6 heteroatoms. The van der Waals surface area contributed by atoms with Gasteiger partial charge in [-0.2, -0.15) is 0 Å². The van der Waals surface area contributed by atoms with Gasteiger partial charge in [-0.1, -0.05) is 18.2 Å². The molecule has 0 saturated heterocycles. The van der Waals surface area contributed by atoms with Crippen molar-refractivity contribution in [2.75, 3.05) is 26.6 Å². The number of benzene rings is 2. The van der Waals surface area contributed by atoms with E-state index in [1.54, 1.807) is 32.4 Å². The maximum Gasteiger partial charge on any atom is 0.339 e. The van der Waals surface area contributed by atoms with Crippen LogP contribution in [0.5, 0.6) is 11.5 Å². The number of amides is 1. The van der Waals surface area contributed by atoms with Gasteiger partial charge in [-0.25, -0.2) is 4.79 Å². The number of methoxy groups -OCH3 is 3. The molecule has 0 saturated carbocycles. The molecule has 0 atom stereocenters. The number of nitrogens with one attached hydrogen (secondary N) is 1. The highest BCUT2D eigenvalue weighted by atomic mass is 16.5. The van der Waals surface area contributed by atoms with Gasteiger partial charge >= 0.3 is 5.97 Å². The summed E-state index contributed by atoms with van der Waals surface area (Å²) in [5, 5.41) is 2.62. The first-order valence-corrected chi connectivity index (χ1v) is 7.89. The second kappa shape index (κ2) is 8.71. The Morgan fingerprint density at radius 2 is 1.62 bits per heavy atom. The number of hydrogen-bond donors (Lipinski definition) is 1. The monoisotopic (exact) mass is 355 g/mol. The van der Waals surface area contributed by atoms with Crippen LogP contribution < -0.4 is 14.8 Å². The maximum atomic E-state index is 12.0. The SMILES string of the molecule is COC(=O)c1cc(/C=C/c2c(OC)cccc2OC)ccc1NC(C)=O. The minimum atomic E-state index is -0.529. The van der Waals surface area contributed by atoms with Crippen molar-refractivity contribution >= 4 is 29.7 Å². The minimum absolute atomic E-state index is 0.266. The molecule has 0 fully saturated rings. The summed E-state index contributed by atoms with van der Waals surface area (Å²) in [5.41, 5.74) is 2.21. The van der Waals surface area contributed by atoms with Gasteiger partial charge in [-0.15, -0.1) is 0 Å². The fourth-order valence-corrected chi connectivity index (χ4v) is 2.47. The molecule has 2 aromatic carbocycles. The largest absolute Gasteiger partial charge is 0.496 e. The summed E-state index contributed by atoms with van der Waals surface area (Å²) < 4.78 is 15.5. The van der Waals surface area contributed by atoms with E-state index < -0.39 is 5.97 Å². The van der Waals surface area contributed by atoms with Gasteiger partial charge in [0.1, 0.15) is 11.5 Å². The summed E-state index contributed by atoms with van der Waals surface area (Å²) >= 11 is 0. The molecule has 0 unspecified atom stereocenters. The third-order valence-corrected chi connectivity index (χ3v) is 3.67. The van der Waals surface area contributed by atoms with Gasteiger partial charge in [0.05, 0.1) is 38.1 Å². The van der Waals surface area contributed by atoms with E-state index in [0.717, 1.165) is 11.1 Å². The van der Waals surface area contributed by atoms with Crippen LogP contribution in [0.3, 0.4) is 0 Å². The molecule has 6 nitrogen and oxygen atoms in total. The molecule has 2 aromatic rings. The van der Waals surface area contributed by atoms with Crippen LogP contribution in [-0.2, 0) is 9.53 Å². The van der Waals surface area contributed by atoms with Crippen molar-refractivity contribution in [3.05, 3.63) is 53.1 Å². The van der Waals surface area contributed by atoms with Crippen molar-refractivity contribution in [3.63, 3.8) is 0 Å². The lowest BCUT2D eigenvalue weighted by Gasteiger charge is -2.11. The van der Waals surface area contributed by atoms with E-state index in [0.29, 0.717) is 17.2 Å². The highest BCUT2D eigenvalue weighted by Crippen LogP contribution is 2.30. The lowest BCUT2D eigenvalue weighted by Crippen LogP contribution is -2.12. The lowest BCUT2D eigenvalue weighted by atomic mass is 10.1. The zero-order valence-electron chi connectivity index (χ0n) is 15.2. The van der Waals surface area contributed by atoms with Gasteiger partial charge in [-0.05, 0) is 35.9 Å². The van der Waals surface area contributed by atoms with Crippen molar-refractivity contribution in [2.45, 2.75) is 6.92 Å². The van der Waals surface area contributed by atoms with Crippen LogP contribution in [0.25, 0.3) is 12.2 Å². The Morgan fingerprint density at radius 1 is 0.962 bits per heavy atom. The summed E-state index contributed by atoms with van der Waals surface area (Å²) in [4.78, 5) is 23.3. The molecule has 0 heterocycles. The summed E-state index contributed by atoms with van der Waals surface area (Å²) in [5.74, 6) is 0.545. The smallest absolute Gasteiger partial charge is 0.339 e. The first-order valence-electron chi connectivity index (χ1n) is 7.89. The van der Waals surface area contributed by atoms with Gasteiger partial charge in [0.25, 0.3) is 0 Å². The highest BCUT2D eigenvalue weighted by Gasteiger charge is 2.13. The first-order chi connectivity index (χ1) is 12.5. The van der Waals surface area contributed by atoms with Gasteiger partial charge in [-0.3, -0.25) is 4.79 Å². The van der Waals surface area contributed by atoms with E-state index >= 15 is 0 Å². The standard InChI is InChI=1S/C20H21NO5/c1-13(22)21-17-11-9-14(12-16(17)20(23)26-4)8-10-15-18(24-2)6-5-7-19(15)25-3/h5-12H,1-4H3,(H,21,22)/b10-8+. The molecule has 0 radical (unpaired) electrons. The predicted octanol–water partition coefficient (Wildman–Crippen LogP) is 3.62. The summed E-state index contributed by atoms with van der Waals surface area (Å²) in [6, 6.07) is 10.6. The fourth-order valence-electron chi connectivity index (χ4n) is 2.47. The number of carbonyl (C=O) groups excluding carboxylic acids is 2. The maximum absolute atomic E-state index is 12.0. The van der Waals surface area contributed by atoms with Crippen molar-refractivity contribution < 1.29 is 23.8 Å². The van der Waals surface area contributed by atoms with Crippen molar-refractivity contribution in [3.8, 4) is 11.5 Å². The number of ether oxygens (including phenoxy) is 3. The van der Waals surface area contributed by atoms with E-state index in [1.807, 2.05) is 30.4 Å². The molecule has 0 aliphatic heterocycles. The Hall–Kier alpha value is -3.28. The zero-order chi connectivity index (χ0) is 19.1. The molecule has 0 bridgehead atoms. The van der Waals surface area contributed by atoms with Crippen molar-refractivity contribution in [1.82, 2.24) is 0 Å². The Labute approximate surface area is 152 Å². The second-order valence-electron chi connectivity index (χ2n) is 5.39. The topological polar surface area (TPSA) is 73.9 Å². The van der Waals surface area contributed by atoms with Gasteiger partial charge in [0.2, 0.25) is 5.91 Å². The minimum Gasteiger partial charge on any atom is -0.496 e. The summed E-state index contributed by atoms with van der Waals surface area (Å²) in [7, 11) is 4.47. The first kappa shape index (κ1) is 19.1. The zero-order valence-corrected chi connectivity index (χ0v) is 15.2. The molecule has 0 spiro atoms. The third kappa shape index (κ3) is 4.42. The lowest BCUT2D eigenvalue weighted by molar-refractivity contribution is -0.114. The molecule has 0 aliphatic carbocycles. The average molecular weight is 355 g/mol. The van der Waals surface area contributed by atoms with Gasteiger partial charge < -0.3 is 19.5 Å². The predicted molar refractivity (Wildman–Crippen MR) is 101 cm³/mol. The van der Waals surface area contributed by atoms with Crippen LogP contribution in [0.2, 0.25) is 0 Å². The summed E-state index contributed by atoms with van der Waals surface area (Å²) in [6.45, 7) is 1.38. The number of carbonyl (C=O) groups is 2. The highest BCUT2D eigenvalue weighted by molar-refractivity contribution is 6.01. The molecule has 0 aromatic heterocycles. The van der Waals surface area contributed by atoms with Gasteiger partial charge in [0.15, 0.2) is 0 Å². The molecule has 1 N–H and O–H groups in total. The molecule has 0 aliphatic rings. The van der Waals surface area contributed by atoms with E-state index in [4.69, 9.17) is 14.2 Å². The van der Waals surface area contributed by atoms with Crippen LogP contribution in [0, 0.1) is 0 Å². The Kier molecular flexibility index (Phi) is 6.38. The van der Waals surface area contributed by atoms with E-state index in [2.05, 4.69) is 5.32 Å². The van der Waals surface area contributed by atoms with E-state index in [1.165, 1.54) is 14.0 Å². The molecule has 136 valence electrons. The summed E-state index contributed by atoms with van der Waals surface area (Å²) in [6.07, 6.45) is 3.66. The molecule has 1 amide bonds. The number of hydrogen-bond acceptors (Lipinski definition) is 5. The second-order valence-corrected chi connectivity index (χ2v) is 5.39. The molecule has 26 heavy (non-hydrogen) atoms. The van der Waals surface area contributed by atoms with Crippen LogP contribution in [0.4, 0.5) is 5.69 Å². The third-order valence-electron chi connectivity index (χ3n) is 3.67. The van der Waals surface area contributed by atoms with Crippen LogP contribution in [-0.4, -0.2) is 33.2 Å². The van der Waals surface area contributed by atoms with Crippen LogP contribution in [0.15, 0.2) is 36.4 Å². The normalized spacial score (nSPS) is 10.5. The Bertz CT molecular complexity index is 820. The number of anilines is 1. The Morgan fingerprint density at radius 3 is 2.15 bits per heavy atom. The van der Waals surface area contributed by atoms with E-state index in [-0.39, 0.29) is 11.5 Å². The van der Waals surface area contributed by atoms with Crippen LogP contribution >= 0.6 is 0 Å². The van der Waals surface area contributed by atoms with Gasteiger partial charge in [0, 0.05) is 6.92 Å². The molecular formula is C20H21NO5. The van der Waals surface area contributed by atoms with Crippen LogP contribution in [0.1, 0.15) is 28.4 Å². The Balaban J connectivity index is 2.43.